The molecule has 0 aromatic carbocycles. The summed E-state index contributed by atoms with van der Waals surface area (Å²) in [5, 5.41) is 3.15. The molecule has 0 radical (unpaired) electrons. The SMILES string of the molecule is CC(C)(C)NC(=O)C1CCC2CCCCC2C1. The summed E-state index contributed by atoms with van der Waals surface area (Å²) < 4.78 is 0. The Kier molecular flexibility index (Phi) is 3.79. The van der Waals surface area contributed by atoms with Crippen LogP contribution in [0.2, 0.25) is 0 Å². The Morgan fingerprint density at radius 3 is 2.29 bits per heavy atom. The van der Waals surface area contributed by atoms with Gasteiger partial charge in [-0.05, 0) is 51.9 Å². The number of nitrogens with one attached hydrogen (secondary N) is 1. The lowest BCUT2D eigenvalue weighted by molar-refractivity contribution is -0.128. The second-order valence-corrected chi connectivity index (χ2v) is 7.05. The lowest BCUT2D eigenvalue weighted by Gasteiger charge is -2.39. The second-order valence-electron chi connectivity index (χ2n) is 7.05. The lowest BCUT2D eigenvalue weighted by atomic mass is 9.67. The van der Waals surface area contributed by atoms with E-state index >= 15 is 0 Å². The highest BCUT2D eigenvalue weighted by Gasteiger charge is 2.35. The van der Waals surface area contributed by atoms with Crippen LogP contribution in [0.4, 0.5) is 0 Å². The van der Waals surface area contributed by atoms with Crippen LogP contribution in [0.3, 0.4) is 0 Å². The van der Waals surface area contributed by atoms with Crippen molar-refractivity contribution in [2.45, 2.75) is 71.3 Å². The van der Waals surface area contributed by atoms with Crippen molar-refractivity contribution in [3.63, 3.8) is 0 Å². The van der Waals surface area contributed by atoms with Gasteiger partial charge in [0.15, 0.2) is 0 Å². The van der Waals surface area contributed by atoms with E-state index in [1.165, 1.54) is 32.1 Å². The van der Waals surface area contributed by atoms with Gasteiger partial charge in [0.2, 0.25) is 5.91 Å². The van der Waals surface area contributed by atoms with Crippen molar-refractivity contribution in [1.29, 1.82) is 0 Å². The van der Waals surface area contributed by atoms with E-state index in [9.17, 15) is 4.79 Å². The molecule has 2 heteroatoms. The Hall–Kier alpha value is -0.530. The molecule has 2 rings (SSSR count). The molecule has 1 N–H and O–H groups in total. The zero-order valence-corrected chi connectivity index (χ0v) is 11.6. The summed E-state index contributed by atoms with van der Waals surface area (Å²) in [6.45, 7) is 6.20. The van der Waals surface area contributed by atoms with Crippen LogP contribution in [0, 0.1) is 17.8 Å². The molecule has 0 aliphatic heterocycles. The summed E-state index contributed by atoms with van der Waals surface area (Å²) in [4.78, 5) is 12.2. The first-order chi connectivity index (χ1) is 7.96. The molecule has 17 heavy (non-hydrogen) atoms. The summed E-state index contributed by atoms with van der Waals surface area (Å²) in [5.41, 5.74) is -0.0828. The van der Waals surface area contributed by atoms with Gasteiger partial charge in [0.25, 0.3) is 0 Å². The predicted octanol–water partition coefficient (Wildman–Crippen LogP) is 3.51. The van der Waals surface area contributed by atoms with Crippen molar-refractivity contribution in [2.24, 2.45) is 17.8 Å². The minimum Gasteiger partial charge on any atom is -0.351 e. The second kappa shape index (κ2) is 4.99. The Morgan fingerprint density at radius 2 is 1.65 bits per heavy atom. The fraction of sp³-hybridized carbons (Fsp3) is 0.933. The highest BCUT2D eigenvalue weighted by atomic mass is 16.2. The summed E-state index contributed by atoms with van der Waals surface area (Å²) in [7, 11) is 0. The average Bonchev–Trinajstić information content (AvgIpc) is 2.26. The van der Waals surface area contributed by atoms with Gasteiger partial charge in [-0.15, -0.1) is 0 Å². The van der Waals surface area contributed by atoms with E-state index in [-0.39, 0.29) is 11.5 Å². The highest BCUT2D eigenvalue weighted by Crippen LogP contribution is 2.42. The number of fused-ring (bicyclic) bond motifs is 1. The van der Waals surface area contributed by atoms with Gasteiger partial charge >= 0.3 is 0 Å². The van der Waals surface area contributed by atoms with Crippen molar-refractivity contribution in [2.75, 3.05) is 0 Å². The van der Waals surface area contributed by atoms with Crippen molar-refractivity contribution in [1.82, 2.24) is 5.32 Å². The number of hydrogen-bond donors (Lipinski definition) is 1. The van der Waals surface area contributed by atoms with E-state index in [4.69, 9.17) is 0 Å². The van der Waals surface area contributed by atoms with Gasteiger partial charge in [-0.25, -0.2) is 0 Å². The molecule has 0 bridgehead atoms. The minimum atomic E-state index is -0.0828. The Morgan fingerprint density at radius 1 is 1.00 bits per heavy atom. The topological polar surface area (TPSA) is 29.1 Å². The van der Waals surface area contributed by atoms with Gasteiger partial charge in [-0.2, -0.15) is 0 Å². The average molecular weight is 237 g/mol. The van der Waals surface area contributed by atoms with E-state index < -0.39 is 0 Å². The number of hydrogen-bond acceptors (Lipinski definition) is 1. The lowest BCUT2D eigenvalue weighted by Crippen LogP contribution is -2.45. The zero-order chi connectivity index (χ0) is 12.5. The van der Waals surface area contributed by atoms with E-state index in [1.54, 1.807) is 0 Å². The third-order valence-electron chi connectivity index (χ3n) is 4.41. The largest absolute Gasteiger partial charge is 0.351 e. The molecule has 2 nitrogen and oxygen atoms in total. The number of rotatable bonds is 1. The molecule has 2 fully saturated rings. The van der Waals surface area contributed by atoms with Crippen LogP contribution in [-0.4, -0.2) is 11.4 Å². The molecule has 2 aliphatic carbocycles. The van der Waals surface area contributed by atoms with Gasteiger partial charge < -0.3 is 5.32 Å². The van der Waals surface area contributed by atoms with Gasteiger partial charge in [0, 0.05) is 11.5 Å². The number of amides is 1. The standard InChI is InChI=1S/C15H27NO/c1-15(2,3)16-14(17)13-9-8-11-6-4-5-7-12(11)10-13/h11-13H,4-10H2,1-3H3,(H,16,17). The van der Waals surface area contributed by atoms with Crippen LogP contribution in [0.25, 0.3) is 0 Å². The highest BCUT2D eigenvalue weighted by molar-refractivity contribution is 5.79. The molecule has 2 aliphatic rings. The van der Waals surface area contributed by atoms with Crippen LogP contribution in [0.1, 0.15) is 65.7 Å². The summed E-state index contributed by atoms with van der Waals surface area (Å²) in [6.07, 6.45) is 9.12. The summed E-state index contributed by atoms with van der Waals surface area (Å²) >= 11 is 0. The van der Waals surface area contributed by atoms with Crippen LogP contribution < -0.4 is 5.32 Å². The molecule has 0 saturated heterocycles. The molecular formula is C15H27NO. The van der Waals surface area contributed by atoms with Gasteiger partial charge in [-0.1, -0.05) is 25.7 Å². The smallest absolute Gasteiger partial charge is 0.223 e. The molecule has 3 atom stereocenters. The van der Waals surface area contributed by atoms with E-state index in [0.29, 0.717) is 5.91 Å². The number of carbonyl (C=O) groups is 1. The molecular weight excluding hydrogens is 210 g/mol. The molecule has 0 spiro atoms. The molecule has 0 aromatic heterocycles. The third kappa shape index (κ3) is 3.46. The van der Waals surface area contributed by atoms with Crippen molar-refractivity contribution >= 4 is 5.91 Å². The normalized spacial score (nSPS) is 33.9. The maximum atomic E-state index is 12.2. The Bertz CT molecular complexity index is 279. The Balaban J connectivity index is 1.89. The molecule has 2 saturated carbocycles. The van der Waals surface area contributed by atoms with E-state index in [0.717, 1.165) is 24.7 Å². The Labute approximate surface area is 106 Å². The third-order valence-corrected chi connectivity index (χ3v) is 4.41. The van der Waals surface area contributed by atoms with Crippen LogP contribution in [0.5, 0.6) is 0 Å². The quantitative estimate of drug-likeness (QED) is 0.743. The fourth-order valence-electron chi connectivity index (χ4n) is 3.58. The molecule has 1 amide bonds. The maximum Gasteiger partial charge on any atom is 0.223 e. The predicted molar refractivity (Wildman–Crippen MR) is 70.7 cm³/mol. The molecule has 0 heterocycles. The first kappa shape index (κ1) is 12.9. The zero-order valence-electron chi connectivity index (χ0n) is 11.6. The molecule has 3 unspecified atom stereocenters. The van der Waals surface area contributed by atoms with E-state index in [1.807, 2.05) is 0 Å². The summed E-state index contributed by atoms with van der Waals surface area (Å²) in [5.74, 6) is 2.35. The first-order valence-electron chi connectivity index (χ1n) is 7.28. The van der Waals surface area contributed by atoms with E-state index in [2.05, 4.69) is 26.1 Å². The van der Waals surface area contributed by atoms with Crippen molar-refractivity contribution in [3.8, 4) is 0 Å². The number of carbonyl (C=O) groups excluding carboxylic acids is 1. The van der Waals surface area contributed by atoms with Crippen molar-refractivity contribution < 1.29 is 4.79 Å². The van der Waals surface area contributed by atoms with Crippen LogP contribution in [0.15, 0.2) is 0 Å². The van der Waals surface area contributed by atoms with Gasteiger partial charge in [-0.3, -0.25) is 4.79 Å². The monoisotopic (exact) mass is 237 g/mol. The fourth-order valence-corrected chi connectivity index (χ4v) is 3.58. The maximum absolute atomic E-state index is 12.2. The van der Waals surface area contributed by atoms with Gasteiger partial charge in [0.05, 0.1) is 0 Å². The minimum absolute atomic E-state index is 0.0828. The molecule has 98 valence electrons. The molecule has 0 aromatic rings. The van der Waals surface area contributed by atoms with Crippen molar-refractivity contribution in [3.05, 3.63) is 0 Å². The van der Waals surface area contributed by atoms with Gasteiger partial charge in [0.1, 0.15) is 0 Å². The van der Waals surface area contributed by atoms with Crippen LogP contribution >= 0.6 is 0 Å². The summed E-state index contributed by atoms with van der Waals surface area (Å²) in [6, 6.07) is 0. The first-order valence-corrected chi connectivity index (χ1v) is 7.28. The van der Waals surface area contributed by atoms with Crippen LogP contribution in [-0.2, 0) is 4.79 Å².